The summed E-state index contributed by atoms with van der Waals surface area (Å²) in [5.41, 5.74) is 8.35. The van der Waals surface area contributed by atoms with E-state index in [1.54, 1.807) is 6.07 Å². The van der Waals surface area contributed by atoms with Crippen LogP contribution in [0.4, 0.5) is 4.39 Å². The first-order valence-electron chi connectivity index (χ1n) is 6.34. The summed E-state index contributed by atoms with van der Waals surface area (Å²) < 4.78 is 13.9. The second-order valence-corrected chi connectivity index (χ2v) is 5.63. The summed E-state index contributed by atoms with van der Waals surface area (Å²) >= 11 is 0. The van der Waals surface area contributed by atoms with E-state index >= 15 is 0 Å². The first-order chi connectivity index (χ1) is 8.12. The lowest BCUT2D eigenvalue weighted by Crippen LogP contribution is -2.42. The van der Waals surface area contributed by atoms with Gasteiger partial charge in [0, 0.05) is 11.6 Å². The predicted octanol–water partition coefficient (Wildman–Crippen LogP) is 2.09. The Labute approximate surface area is 102 Å². The molecule has 2 aliphatic rings. The number of nitrogens with zero attached hydrogens (tertiary/aromatic N) is 1. The fourth-order valence-corrected chi connectivity index (χ4v) is 3.43. The van der Waals surface area contributed by atoms with Crippen molar-refractivity contribution in [2.45, 2.75) is 25.3 Å². The quantitative estimate of drug-likeness (QED) is 0.745. The monoisotopic (exact) mass is 234 g/mol. The van der Waals surface area contributed by atoms with Crippen LogP contribution >= 0.6 is 0 Å². The van der Waals surface area contributed by atoms with Crippen LogP contribution in [0.1, 0.15) is 30.0 Å². The summed E-state index contributed by atoms with van der Waals surface area (Å²) in [6.07, 6.45) is 3.12. The Morgan fingerprint density at radius 3 is 2.71 bits per heavy atom. The second-order valence-electron chi connectivity index (χ2n) is 5.63. The Bertz CT molecular complexity index is 436. The molecule has 1 aliphatic heterocycles. The van der Waals surface area contributed by atoms with Crippen molar-refractivity contribution in [3.8, 4) is 0 Å². The number of fused-ring (bicyclic) bond motifs is 1. The Hall–Kier alpha value is -0.930. The molecular weight excluding hydrogens is 215 g/mol. The molecule has 1 saturated heterocycles. The van der Waals surface area contributed by atoms with Crippen molar-refractivity contribution in [1.82, 2.24) is 4.90 Å². The van der Waals surface area contributed by atoms with E-state index in [0.717, 1.165) is 43.5 Å². The third-order valence-corrected chi connectivity index (χ3v) is 4.64. The van der Waals surface area contributed by atoms with Gasteiger partial charge in [-0.15, -0.1) is 0 Å². The third kappa shape index (κ3) is 1.60. The first-order valence-corrected chi connectivity index (χ1v) is 6.34. The van der Waals surface area contributed by atoms with Gasteiger partial charge in [0.1, 0.15) is 5.82 Å². The molecule has 0 bridgehead atoms. The van der Waals surface area contributed by atoms with Gasteiger partial charge in [0.25, 0.3) is 0 Å². The lowest BCUT2D eigenvalue weighted by molar-refractivity contribution is 0.105. The number of halogens is 1. The number of likely N-dealkylation sites (tertiary alicyclic amines) is 1. The van der Waals surface area contributed by atoms with Crippen LogP contribution in [0.5, 0.6) is 0 Å². The maximum Gasteiger partial charge on any atom is 0.128 e. The summed E-state index contributed by atoms with van der Waals surface area (Å²) in [7, 11) is 2.14. The SMILES string of the molecule is CN1CCC2(CC1)Cc1cccc(F)c1C2N. The molecular formula is C14H19FN2. The van der Waals surface area contributed by atoms with Crippen LogP contribution in [0.3, 0.4) is 0 Å². The van der Waals surface area contributed by atoms with Gasteiger partial charge in [-0.1, -0.05) is 12.1 Å². The zero-order valence-corrected chi connectivity index (χ0v) is 10.2. The third-order valence-electron chi connectivity index (χ3n) is 4.64. The van der Waals surface area contributed by atoms with E-state index in [0.29, 0.717) is 0 Å². The molecule has 3 heteroatoms. The average molecular weight is 234 g/mol. The molecule has 0 amide bonds. The van der Waals surface area contributed by atoms with Crippen LogP contribution in [0, 0.1) is 11.2 Å². The Kier molecular flexibility index (Phi) is 2.49. The highest BCUT2D eigenvalue weighted by molar-refractivity contribution is 5.39. The molecule has 17 heavy (non-hydrogen) atoms. The van der Waals surface area contributed by atoms with Crippen LogP contribution < -0.4 is 5.73 Å². The first kappa shape index (κ1) is 11.2. The van der Waals surface area contributed by atoms with Crippen LogP contribution in [0.15, 0.2) is 18.2 Å². The molecule has 1 atom stereocenters. The Morgan fingerprint density at radius 1 is 1.35 bits per heavy atom. The average Bonchev–Trinajstić information content (AvgIpc) is 2.58. The molecule has 3 rings (SSSR count). The van der Waals surface area contributed by atoms with Crippen molar-refractivity contribution < 1.29 is 4.39 Å². The smallest absolute Gasteiger partial charge is 0.128 e. The molecule has 0 aromatic heterocycles. The Balaban J connectivity index is 1.96. The van der Waals surface area contributed by atoms with Gasteiger partial charge >= 0.3 is 0 Å². The summed E-state index contributed by atoms with van der Waals surface area (Å²) in [6, 6.07) is 5.25. The Morgan fingerprint density at radius 2 is 2.06 bits per heavy atom. The van der Waals surface area contributed by atoms with Crippen LogP contribution in [-0.2, 0) is 6.42 Å². The number of hydrogen-bond donors (Lipinski definition) is 1. The fraction of sp³-hybridized carbons (Fsp3) is 0.571. The van der Waals surface area contributed by atoms with Gasteiger partial charge < -0.3 is 10.6 Å². The van der Waals surface area contributed by atoms with Gasteiger partial charge in [0.2, 0.25) is 0 Å². The molecule has 1 spiro atoms. The normalized spacial score (nSPS) is 27.4. The summed E-state index contributed by atoms with van der Waals surface area (Å²) in [5, 5.41) is 0. The van der Waals surface area contributed by atoms with Gasteiger partial charge in [0.15, 0.2) is 0 Å². The van der Waals surface area contributed by atoms with E-state index < -0.39 is 0 Å². The number of rotatable bonds is 0. The minimum atomic E-state index is -0.120. The zero-order valence-electron chi connectivity index (χ0n) is 10.2. The minimum Gasteiger partial charge on any atom is -0.323 e. The van der Waals surface area contributed by atoms with E-state index in [2.05, 4.69) is 11.9 Å². The molecule has 2 nitrogen and oxygen atoms in total. The van der Waals surface area contributed by atoms with Gasteiger partial charge in [-0.3, -0.25) is 0 Å². The van der Waals surface area contributed by atoms with Crippen LogP contribution in [-0.4, -0.2) is 25.0 Å². The number of piperidine rings is 1. The highest BCUT2D eigenvalue weighted by Crippen LogP contribution is 2.51. The van der Waals surface area contributed by atoms with Crippen molar-refractivity contribution >= 4 is 0 Å². The minimum absolute atomic E-state index is 0.108. The molecule has 0 saturated carbocycles. The summed E-state index contributed by atoms with van der Waals surface area (Å²) in [5.74, 6) is -0.120. The van der Waals surface area contributed by atoms with Crippen molar-refractivity contribution in [2.75, 3.05) is 20.1 Å². The molecule has 1 aliphatic carbocycles. The van der Waals surface area contributed by atoms with Crippen molar-refractivity contribution in [1.29, 1.82) is 0 Å². The maximum absolute atomic E-state index is 13.9. The number of nitrogens with two attached hydrogens (primary N) is 1. The topological polar surface area (TPSA) is 29.3 Å². The van der Waals surface area contributed by atoms with Crippen molar-refractivity contribution in [3.63, 3.8) is 0 Å². The van der Waals surface area contributed by atoms with E-state index in [4.69, 9.17) is 5.73 Å². The van der Waals surface area contributed by atoms with E-state index in [9.17, 15) is 4.39 Å². The summed E-state index contributed by atoms with van der Waals surface area (Å²) in [4.78, 5) is 2.33. The molecule has 0 radical (unpaired) electrons. The molecule has 2 N–H and O–H groups in total. The second kappa shape index (κ2) is 3.79. The van der Waals surface area contributed by atoms with Crippen LogP contribution in [0.2, 0.25) is 0 Å². The molecule has 1 unspecified atom stereocenters. The largest absolute Gasteiger partial charge is 0.323 e. The van der Waals surface area contributed by atoms with Gasteiger partial charge in [-0.05, 0) is 56.4 Å². The van der Waals surface area contributed by atoms with Crippen molar-refractivity contribution in [2.24, 2.45) is 11.1 Å². The predicted molar refractivity (Wildman–Crippen MR) is 66.2 cm³/mol. The fourth-order valence-electron chi connectivity index (χ4n) is 3.43. The summed E-state index contributed by atoms with van der Waals surface area (Å²) in [6.45, 7) is 2.15. The lowest BCUT2D eigenvalue weighted by atomic mass is 9.73. The molecule has 1 fully saturated rings. The standard InChI is InChI=1S/C14H19FN2/c1-17-7-5-14(6-8-17)9-10-3-2-4-11(15)12(10)13(14)16/h2-4,13H,5-9,16H2,1H3. The van der Waals surface area contributed by atoms with Gasteiger partial charge in [-0.25, -0.2) is 4.39 Å². The van der Waals surface area contributed by atoms with Gasteiger partial charge in [-0.2, -0.15) is 0 Å². The lowest BCUT2D eigenvalue weighted by Gasteiger charge is -2.41. The van der Waals surface area contributed by atoms with Crippen molar-refractivity contribution in [3.05, 3.63) is 35.1 Å². The molecule has 1 aromatic carbocycles. The number of benzene rings is 1. The van der Waals surface area contributed by atoms with Gasteiger partial charge in [0.05, 0.1) is 0 Å². The molecule has 92 valence electrons. The molecule has 1 heterocycles. The molecule has 1 aromatic rings. The van der Waals surface area contributed by atoms with Crippen LogP contribution in [0.25, 0.3) is 0 Å². The van der Waals surface area contributed by atoms with E-state index in [1.165, 1.54) is 6.07 Å². The highest BCUT2D eigenvalue weighted by Gasteiger charge is 2.46. The van der Waals surface area contributed by atoms with E-state index in [1.807, 2.05) is 6.07 Å². The number of hydrogen-bond acceptors (Lipinski definition) is 2. The maximum atomic E-state index is 13.9. The highest BCUT2D eigenvalue weighted by atomic mass is 19.1. The zero-order chi connectivity index (χ0) is 12.0. The van der Waals surface area contributed by atoms with E-state index in [-0.39, 0.29) is 17.3 Å².